The molecule has 0 bridgehead atoms. The summed E-state index contributed by atoms with van der Waals surface area (Å²) in [6.07, 6.45) is 10.6. The van der Waals surface area contributed by atoms with E-state index in [2.05, 4.69) is 31.2 Å². The van der Waals surface area contributed by atoms with Gasteiger partial charge in [0.25, 0.3) is 0 Å². The van der Waals surface area contributed by atoms with Crippen LogP contribution in [0.15, 0.2) is 22.8 Å². The van der Waals surface area contributed by atoms with Gasteiger partial charge >= 0.3 is 0 Å². The van der Waals surface area contributed by atoms with E-state index in [4.69, 9.17) is 0 Å². The Kier molecular flexibility index (Phi) is 4.20. The van der Waals surface area contributed by atoms with Crippen molar-refractivity contribution in [2.45, 2.75) is 44.7 Å². The zero-order chi connectivity index (χ0) is 13.8. The number of thiazole rings is 1. The molecular weight excluding hydrogens is 270 g/mol. The van der Waals surface area contributed by atoms with Crippen molar-refractivity contribution < 1.29 is 0 Å². The van der Waals surface area contributed by atoms with Crippen LogP contribution in [0.2, 0.25) is 0 Å². The summed E-state index contributed by atoms with van der Waals surface area (Å²) in [4.78, 5) is 9.90. The lowest BCUT2D eigenvalue weighted by atomic mass is 9.96. The van der Waals surface area contributed by atoms with Gasteiger partial charge in [0.2, 0.25) is 0 Å². The third-order valence-electron chi connectivity index (χ3n) is 3.75. The SMILES string of the molecule is CN=C(NCc1cn2ccsc2n1)NC1CCCCC1. The first-order valence-electron chi connectivity index (χ1n) is 7.23. The molecule has 3 rings (SSSR count). The molecule has 0 unspecified atom stereocenters. The fourth-order valence-electron chi connectivity index (χ4n) is 2.67. The molecule has 6 heteroatoms. The monoisotopic (exact) mass is 291 g/mol. The first-order valence-corrected chi connectivity index (χ1v) is 8.11. The van der Waals surface area contributed by atoms with Crippen LogP contribution in [0.5, 0.6) is 0 Å². The van der Waals surface area contributed by atoms with Gasteiger partial charge in [0.15, 0.2) is 10.9 Å². The molecule has 2 heterocycles. The number of nitrogens with zero attached hydrogens (tertiary/aromatic N) is 3. The molecule has 0 spiro atoms. The molecule has 20 heavy (non-hydrogen) atoms. The van der Waals surface area contributed by atoms with E-state index in [1.807, 2.05) is 18.6 Å². The molecule has 1 aliphatic rings. The van der Waals surface area contributed by atoms with Gasteiger partial charge in [-0.15, -0.1) is 11.3 Å². The van der Waals surface area contributed by atoms with Gasteiger partial charge in [-0.2, -0.15) is 0 Å². The molecule has 1 fully saturated rings. The van der Waals surface area contributed by atoms with E-state index in [0.29, 0.717) is 12.6 Å². The summed E-state index contributed by atoms with van der Waals surface area (Å²) in [6.45, 7) is 0.709. The lowest BCUT2D eigenvalue weighted by molar-refractivity contribution is 0.410. The van der Waals surface area contributed by atoms with Crippen LogP contribution in [-0.2, 0) is 6.54 Å². The molecule has 108 valence electrons. The fourth-order valence-corrected chi connectivity index (χ4v) is 3.39. The predicted molar refractivity (Wildman–Crippen MR) is 83.3 cm³/mol. The topological polar surface area (TPSA) is 53.7 Å². The number of guanidine groups is 1. The van der Waals surface area contributed by atoms with E-state index in [9.17, 15) is 0 Å². The number of imidazole rings is 1. The van der Waals surface area contributed by atoms with Crippen LogP contribution in [-0.4, -0.2) is 28.4 Å². The Morgan fingerprint density at radius 3 is 3.05 bits per heavy atom. The molecule has 2 aromatic rings. The van der Waals surface area contributed by atoms with Crippen molar-refractivity contribution in [1.82, 2.24) is 20.0 Å². The molecule has 0 saturated heterocycles. The van der Waals surface area contributed by atoms with Gasteiger partial charge in [0.05, 0.1) is 12.2 Å². The van der Waals surface area contributed by atoms with Crippen LogP contribution < -0.4 is 10.6 Å². The lowest BCUT2D eigenvalue weighted by Gasteiger charge is -2.24. The second-order valence-electron chi connectivity index (χ2n) is 5.23. The van der Waals surface area contributed by atoms with E-state index in [0.717, 1.165) is 16.6 Å². The Morgan fingerprint density at radius 1 is 1.45 bits per heavy atom. The minimum Gasteiger partial charge on any atom is -0.354 e. The summed E-state index contributed by atoms with van der Waals surface area (Å²) in [5, 5.41) is 8.91. The summed E-state index contributed by atoms with van der Waals surface area (Å²) in [5.41, 5.74) is 1.04. The van der Waals surface area contributed by atoms with E-state index in [1.165, 1.54) is 32.1 Å². The Bertz CT molecular complexity index is 551. The zero-order valence-corrected chi connectivity index (χ0v) is 12.6. The Labute approximate surface area is 123 Å². The predicted octanol–water partition coefficient (Wildman–Crippen LogP) is 2.39. The summed E-state index contributed by atoms with van der Waals surface area (Å²) in [6, 6.07) is 0.570. The molecular formula is C14H21N5S. The second kappa shape index (κ2) is 6.26. The van der Waals surface area contributed by atoms with Gasteiger partial charge < -0.3 is 10.6 Å². The van der Waals surface area contributed by atoms with E-state index in [-0.39, 0.29) is 0 Å². The standard InChI is InChI=1S/C14H21N5S/c1-15-13(17-11-5-3-2-4-6-11)16-9-12-10-19-7-8-20-14(19)18-12/h7-8,10-11H,2-6,9H2,1H3,(H2,15,16,17). The van der Waals surface area contributed by atoms with Crippen LogP contribution in [0.3, 0.4) is 0 Å². The number of hydrogen-bond donors (Lipinski definition) is 2. The van der Waals surface area contributed by atoms with Crippen molar-refractivity contribution in [2.75, 3.05) is 7.05 Å². The maximum absolute atomic E-state index is 4.56. The average Bonchev–Trinajstić information content (AvgIpc) is 3.05. The lowest BCUT2D eigenvalue weighted by Crippen LogP contribution is -2.43. The first kappa shape index (κ1) is 13.4. The van der Waals surface area contributed by atoms with Crippen LogP contribution in [0.25, 0.3) is 4.96 Å². The molecule has 1 aliphatic carbocycles. The van der Waals surface area contributed by atoms with E-state index < -0.39 is 0 Å². The van der Waals surface area contributed by atoms with Gasteiger partial charge in [0, 0.05) is 30.9 Å². The van der Waals surface area contributed by atoms with Crippen molar-refractivity contribution in [3.63, 3.8) is 0 Å². The Morgan fingerprint density at radius 2 is 2.30 bits per heavy atom. The number of fused-ring (bicyclic) bond motifs is 1. The highest BCUT2D eigenvalue weighted by molar-refractivity contribution is 7.15. The molecule has 0 aliphatic heterocycles. The zero-order valence-electron chi connectivity index (χ0n) is 11.8. The highest BCUT2D eigenvalue weighted by atomic mass is 32.1. The Balaban J connectivity index is 1.54. The average molecular weight is 291 g/mol. The highest BCUT2D eigenvalue weighted by Crippen LogP contribution is 2.17. The van der Waals surface area contributed by atoms with Gasteiger partial charge in [-0.3, -0.25) is 9.39 Å². The van der Waals surface area contributed by atoms with Crippen molar-refractivity contribution in [2.24, 2.45) is 4.99 Å². The van der Waals surface area contributed by atoms with Gasteiger partial charge in [-0.1, -0.05) is 19.3 Å². The van der Waals surface area contributed by atoms with Crippen molar-refractivity contribution in [3.05, 3.63) is 23.5 Å². The molecule has 1 saturated carbocycles. The summed E-state index contributed by atoms with van der Waals surface area (Å²) in [7, 11) is 1.82. The minimum atomic E-state index is 0.570. The van der Waals surface area contributed by atoms with E-state index in [1.54, 1.807) is 11.3 Å². The van der Waals surface area contributed by atoms with Gasteiger partial charge in [0.1, 0.15) is 0 Å². The van der Waals surface area contributed by atoms with Crippen molar-refractivity contribution in [3.8, 4) is 0 Å². The maximum Gasteiger partial charge on any atom is 0.193 e. The summed E-state index contributed by atoms with van der Waals surface area (Å²) < 4.78 is 2.05. The Hall–Kier alpha value is -1.56. The van der Waals surface area contributed by atoms with Crippen LogP contribution >= 0.6 is 11.3 Å². The number of aromatic nitrogens is 2. The number of nitrogens with one attached hydrogen (secondary N) is 2. The van der Waals surface area contributed by atoms with Crippen LogP contribution in [0, 0.1) is 0 Å². The van der Waals surface area contributed by atoms with Gasteiger partial charge in [-0.25, -0.2) is 4.98 Å². The van der Waals surface area contributed by atoms with Crippen molar-refractivity contribution in [1.29, 1.82) is 0 Å². The molecule has 0 aromatic carbocycles. The fraction of sp³-hybridized carbons (Fsp3) is 0.571. The highest BCUT2D eigenvalue weighted by Gasteiger charge is 2.14. The summed E-state index contributed by atoms with van der Waals surface area (Å²) >= 11 is 1.65. The quantitative estimate of drug-likeness (QED) is 0.674. The van der Waals surface area contributed by atoms with Crippen LogP contribution in [0.1, 0.15) is 37.8 Å². The maximum atomic E-state index is 4.56. The second-order valence-corrected chi connectivity index (χ2v) is 6.10. The smallest absolute Gasteiger partial charge is 0.193 e. The molecule has 5 nitrogen and oxygen atoms in total. The molecule has 0 radical (unpaired) electrons. The molecule has 2 aromatic heterocycles. The van der Waals surface area contributed by atoms with Crippen molar-refractivity contribution >= 4 is 22.3 Å². The number of rotatable bonds is 3. The number of hydrogen-bond acceptors (Lipinski definition) is 3. The van der Waals surface area contributed by atoms with Gasteiger partial charge in [-0.05, 0) is 12.8 Å². The summed E-state index contributed by atoms with van der Waals surface area (Å²) in [5.74, 6) is 0.883. The third kappa shape index (κ3) is 3.12. The molecule has 2 N–H and O–H groups in total. The largest absolute Gasteiger partial charge is 0.354 e. The third-order valence-corrected chi connectivity index (χ3v) is 4.52. The minimum absolute atomic E-state index is 0.570. The molecule has 0 atom stereocenters. The normalized spacial score (nSPS) is 17.6. The van der Waals surface area contributed by atoms with Crippen LogP contribution in [0.4, 0.5) is 0 Å². The number of aliphatic imine (C=N–C) groups is 1. The van der Waals surface area contributed by atoms with E-state index >= 15 is 0 Å². The first-order chi connectivity index (χ1) is 9.85. The molecule has 0 amide bonds.